The van der Waals surface area contributed by atoms with Gasteiger partial charge >= 0.3 is 5.97 Å². The molecule has 0 unspecified atom stereocenters. The summed E-state index contributed by atoms with van der Waals surface area (Å²) in [7, 11) is -3.22. The molecule has 0 spiro atoms. The molecular weight excluding hydrogens is 298 g/mol. The lowest BCUT2D eigenvalue weighted by molar-refractivity contribution is -0.153. The molecule has 1 fully saturated rings. The monoisotopic (exact) mass is 317 g/mol. The number of nitriles is 1. The number of nitrogens with zero attached hydrogens (tertiary/aromatic N) is 2. The van der Waals surface area contributed by atoms with Crippen LogP contribution in [-0.4, -0.2) is 57.1 Å². The van der Waals surface area contributed by atoms with Crippen LogP contribution in [0.3, 0.4) is 0 Å². The number of carbonyl (C=O) groups is 2. The second-order valence-electron chi connectivity index (χ2n) is 4.80. The number of carbonyl (C=O) groups excluding carboxylic acids is 2. The molecule has 1 heterocycles. The molecule has 8 nitrogen and oxygen atoms in total. The van der Waals surface area contributed by atoms with Crippen LogP contribution < -0.4 is 5.32 Å². The minimum Gasteiger partial charge on any atom is -0.455 e. The third-order valence-corrected chi connectivity index (χ3v) is 4.46. The average Bonchev–Trinajstić information content (AvgIpc) is 2.44. The van der Waals surface area contributed by atoms with Crippen molar-refractivity contribution in [3.8, 4) is 6.07 Å². The Labute approximate surface area is 124 Å². The van der Waals surface area contributed by atoms with Crippen LogP contribution in [0.1, 0.15) is 19.3 Å². The number of nitrogens with one attached hydrogen (secondary N) is 1. The molecule has 0 aromatic rings. The van der Waals surface area contributed by atoms with E-state index in [9.17, 15) is 18.0 Å². The fraction of sp³-hybridized carbons (Fsp3) is 0.750. The van der Waals surface area contributed by atoms with Gasteiger partial charge in [0.2, 0.25) is 10.0 Å². The van der Waals surface area contributed by atoms with Gasteiger partial charge in [0.1, 0.15) is 0 Å². The van der Waals surface area contributed by atoms with E-state index in [0.29, 0.717) is 12.8 Å². The molecule has 0 atom stereocenters. The Morgan fingerprint density at radius 2 is 2.00 bits per heavy atom. The van der Waals surface area contributed by atoms with E-state index in [1.807, 2.05) is 6.07 Å². The zero-order valence-electron chi connectivity index (χ0n) is 11.9. The number of hydrogen-bond acceptors (Lipinski definition) is 6. The van der Waals surface area contributed by atoms with Crippen molar-refractivity contribution in [3.05, 3.63) is 0 Å². The Hall–Kier alpha value is -1.66. The average molecular weight is 317 g/mol. The number of piperidine rings is 1. The lowest BCUT2D eigenvalue weighted by atomic mass is 9.98. The van der Waals surface area contributed by atoms with Crippen molar-refractivity contribution in [2.24, 2.45) is 5.92 Å². The SMILES string of the molecule is CS(=O)(=O)N1CCC(C(=O)OCC(=O)NCCC#N)CC1. The van der Waals surface area contributed by atoms with Crippen molar-refractivity contribution in [2.75, 3.05) is 32.5 Å². The summed E-state index contributed by atoms with van der Waals surface area (Å²) in [6.07, 6.45) is 2.12. The minimum absolute atomic E-state index is 0.198. The Morgan fingerprint density at radius 3 is 2.52 bits per heavy atom. The van der Waals surface area contributed by atoms with Gasteiger partial charge in [-0.15, -0.1) is 0 Å². The molecule has 0 bridgehead atoms. The number of amides is 1. The maximum atomic E-state index is 11.8. The van der Waals surface area contributed by atoms with Crippen molar-refractivity contribution in [1.29, 1.82) is 5.26 Å². The summed E-state index contributed by atoms with van der Waals surface area (Å²) in [4.78, 5) is 23.1. The second-order valence-corrected chi connectivity index (χ2v) is 6.78. The third kappa shape index (κ3) is 6.10. The molecule has 1 aliphatic heterocycles. The number of ether oxygens (including phenoxy) is 1. The van der Waals surface area contributed by atoms with Crippen LogP contribution in [0, 0.1) is 17.2 Å². The number of hydrogen-bond donors (Lipinski definition) is 1. The van der Waals surface area contributed by atoms with Crippen LogP contribution >= 0.6 is 0 Å². The molecule has 1 N–H and O–H groups in total. The van der Waals surface area contributed by atoms with Gasteiger partial charge in [-0.3, -0.25) is 9.59 Å². The first-order valence-corrected chi connectivity index (χ1v) is 8.45. The van der Waals surface area contributed by atoms with E-state index >= 15 is 0 Å². The van der Waals surface area contributed by atoms with Gasteiger partial charge in [-0.1, -0.05) is 0 Å². The third-order valence-electron chi connectivity index (χ3n) is 3.16. The van der Waals surface area contributed by atoms with E-state index < -0.39 is 21.9 Å². The summed E-state index contributed by atoms with van der Waals surface area (Å²) in [5.74, 6) is -1.32. The van der Waals surface area contributed by atoms with Gasteiger partial charge in [-0.25, -0.2) is 12.7 Å². The van der Waals surface area contributed by atoms with Gasteiger partial charge in [0.25, 0.3) is 5.91 Å². The first-order chi connectivity index (χ1) is 9.84. The Balaban J connectivity index is 2.28. The molecular formula is C12H19N3O5S. The fourth-order valence-electron chi connectivity index (χ4n) is 1.99. The van der Waals surface area contributed by atoms with Crippen LogP contribution in [0.25, 0.3) is 0 Å². The lowest BCUT2D eigenvalue weighted by Gasteiger charge is -2.28. The summed E-state index contributed by atoms with van der Waals surface area (Å²) in [6, 6.07) is 1.88. The standard InChI is InChI=1S/C12H19N3O5S/c1-21(18,19)15-7-3-10(4-8-15)12(17)20-9-11(16)14-6-2-5-13/h10H,2-4,6-9H2,1H3,(H,14,16). The molecule has 0 saturated carbocycles. The molecule has 118 valence electrons. The molecule has 0 aliphatic carbocycles. The van der Waals surface area contributed by atoms with Crippen molar-refractivity contribution >= 4 is 21.9 Å². The molecule has 1 amide bonds. The maximum absolute atomic E-state index is 11.8. The van der Waals surface area contributed by atoms with Crippen LogP contribution in [0.4, 0.5) is 0 Å². The molecule has 1 rings (SSSR count). The molecule has 1 aliphatic rings. The van der Waals surface area contributed by atoms with Gasteiger partial charge in [0.05, 0.1) is 24.7 Å². The molecule has 9 heteroatoms. The van der Waals surface area contributed by atoms with Gasteiger partial charge in [-0.2, -0.15) is 5.26 Å². The first kappa shape index (κ1) is 17.4. The predicted octanol–water partition coefficient (Wildman–Crippen LogP) is -0.769. The number of rotatable bonds is 6. The Kier molecular flexibility index (Phi) is 6.58. The van der Waals surface area contributed by atoms with Gasteiger partial charge < -0.3 is 10.1 Å². The van der Waals surface area contributed by atoms with E-state index in [2.05, 4.69) is 5.32 Å². The van der Waals surface area contributed by atoms with E-state index in [1.54, 1.807) is 0 Å². The second kappa shape index (κ2) is 7.95. The van der Waals surface area contributed by atoms with Crippen molar-refractivity contribution < 1.29 is 22.7 Å². The summed E-state index contributed by atoms with van der Waals surface area (Å²) >= 11 is 0. The van der Waals surface area contributed by atoms with Crippen LogP contribution in [0.5, 0.6) is 0 Å². The molecule has 0 aromatic heterocycles. The van der Waals surface area contributed by atoms with E-state index in [1.165, 1.54) is 4.31 Å². The number of esters is 1. The van der Waals surface area contributed by atoms with E-state index in [-0.39, 0.29) is 38.6 Å². The van der Waals surface area contributed by atoms with Crippen molar-refractivity contribution in [3.63, 3.8) is 0 Å². The molecule has 21 heavy (non-hydrogen) atoms. The topological polar surface area (TPSA) is 117 Å². The Morgan fingerprint density at radius 1 is 1.38 bits per heavy atom. The van der Waals surface area contributed by atoms with Gasteiger partial charge in [0.15, 0.2) is 6.61 Å². The minimum atomic E-state index is -3.22. The molecule has 0 radical (unpaired) electrons. The number of sulfonamides is 1. The summed E-state index contributed by atoms with van der Waals surface area (Å²) in [5.41, 5.74) is 0. The zero-order valence-corrected chi connectivity index (χ0v) is 12.7. The summed E-state index contributed by atoms with van der Waals surface area (Å²) in [5, 5.41) is 10.8. The van der Waals surface area contributed by atoms with Gasteiger partial charge in [0, 0.05) is 19.6 Å². The molecule has 1 saturated heterocycles. The maximum Gasteiger partial charge on any atom is 0.309 e. The largest absolute Gasteiger partial charge is 0.455 e. The highest BCUT2D eigenvalue weighted by atomic mass is 32.2. The fourth-order valence-corrected chi connectivity index (χ4v) is 2.86. The smallest absolute Gasteiger partial charge is 0.309 e. The highest BCUT2D eigenvalue weighted by molar-refractivity contribution is 7.88. The molecule has 0 aromatic carbocycles. The van der Waals surface area contributed by atoms with Crippen molar-refractivity contribution in [2.45, 2.75) is 19.3 Å². The zero-order chi connectivity index (χ0) is 15.9. The van der Waals surface area contributed by atoms with Crippen LogP contribution in [0.2, 0.25) is 0 Å². The van der Waals surface area contributed by atoms with E-state index in [0.717, 1.165) is 6.26 Å². The Bertz CT molecular complexity index is 518. The predicted molar refractivity (Wildman–Crippen MR) is 73.3 cm³/mol. The van der Waals surface area contributed by atoms with Crippen molar-refractivity contribution in [1.82, 2.24) is 9.62 Å². The van der Waals surface area contributed by atoms with Crippen LogP contribution in [0.15, 0.2) is 0 Å². The highest BCUT2D eigenvalue weighted by Crippen LogP contribution is 2.20. The highest BCUT2D eigenvalue weighted by Gasteiger charge is 2.30. The van der Waals surface area contributed by atoms with Gasteiger partial charge in [-0.05, 0) is 12.8 Å². The normalized spacial score (nSPS) is 17.0. The first-order valence-electron chi connectivity index (χ1n) is 6.60. The summed E-state index contributed by atoms with van der Waals surface area (Å²) in [6.45, 7) is 0.413. The lowest BCUT2D eigenvalue weighted by Crippen LogP contribution is -2.40. The summed E-state index contributed by atoms with van der Waals surface area (Å²) < 4.78 is 28.9. The van der Waals surface area contributed by atoms with Crippen LogP contribution in [-0.2, 0) is 24.3 Å². The van der Waals surface area contributed by atoms with E-state index in [4.69, 9.17) is 10.00 Å². The quantitative estimate of drug-likeness (QED) is 0.508.